The largest absolute Gasteiger partial charge is 0.473 e. The summed E-state index contributed by atoms with van der Waals surface area (Å²) in [5.41, 5.74) is 2.82. The molecule has 0 radical (unpaired) electrons. The molecule has 0 spiro atoms. The van der Waals surface area contributed by atoms with E-state index >= 15 is 0 Å². The maximum Gasteiger partial charge on any atom is 0.337 e. The minimum atomic E-state index is -0.823. The first-order valence-corrected chi connectivity index (χ1v) is 14.8. The standard InChI is InChI=1S/C33H34F2N4O5/c1-20(40)23-14-26(34)25(27(35)15-23)19-44-32-5-3-4-28(37-32)21-8-11-38(12-9-21)18-31-36-29-7-6-22(33(41)42-2)16-30(29)39(31)17-24-10-13-43-24/h3-7,14-16,21,24H,8-13,17-19H2,1-2H3/t24-/m0/s1. The van der Waals surface area contributed by atoms with Crippen LogP contribution in [0.3, 0.4) is 0 Å². The first-order chi connectivity index (χ1) is 21.3. The van der Waals surface area contributed by atoms with E-state index in [1.807, 2.05) is 24.3 Å². The Balaban J connectivity index is 1.11. The SMILES string of the molecule is COC(=O)c1ccc2nc(CN3CCC(c4cccc(OCc5c(F)cc(C(C)=O)cc5F)n4)CC3)n(C[C@@H]3CCO3)c2c1. The van der Waals surface area contributed by atoms with Crippen molar-refractivity contribution in [1.29, 1.82) is 0 Å². The first kappa shape index (κ1) is 29.8. The van der Waals surface area contributed by atoms with Gasteiger partial charge >= 0.3 is 5.97 Å². The number of ketones is 1. The van der Waals surface area contributed by atoms with E-state index in [0.717, 1.165) is 73.6 Å². The fraction of sp³-hybridized carbons (Fsp3) is 0.394. The van der Waals surface area contributed by atoms with Crippen LogP contribution in [-0.4, -0.2) is 64.1 Å². The number of ether oxygens (including phenoxy) is 3. The van der Waals surface area contributed by atoms with E-state index in [0.29, 0.717) is 18.7 Å². The van der Waals surface area contributed by atoms with Crippen LogP contribution in [0.1, 0.15) is 69.9 Å². The number of hydrogen-bond donors (Lipinski definition) is 0. The smallest absolute Gasteiger partial charge is 0.337 e. The molecule has 0 bridgehead atoms. The van der Waals surface area contributed by atoms with E-state index in [4.69, 9.17) is 19.2 Å². The molecule has 6 rings (SSSR count). The first-order valence-electron chi connectivity index (χ1n) is 14.8. The topological polar surface area (TPSA) is 95.8 Å². The number of carbonyl (C=O) groups is 2. The maximum absolute atomic E-state index is 14.4. The van der Waals surface area contributed by atoms with Gasteiger partial charge in [0.2, 0.25) is 5.88 Å². The molecule has 0 unspecified atom stereocenters. The molecule has 1 atom stereocenters. The number of fused-ring (bicyclic) bond motifs is 1. The molecule has 2 saturated heterocycles. The number of carbonyl (C=O) groups excluding carboxylic acids is 2. The number of methoxy groups -OCH3 is 1. The highest BCUT2D eigenvalue weighted by Gasteiger charge is 2.26. The minimum absolute atomic E-state index is 0.0208. The van der Waals surface area contributed by atoms with Gasteiger partial charge in [-0.15, -0.1) is 0 Å². The fourth-order valence-electron chi connectivity index (χ4n) is 5.79. The zero-order valence-electron chi connectivity index (χ0n) is 24.7. The Labute approximate surface area is 253 Å². The van der Waals surface area contributed by atoms with E-state index in [-0.39, 0.29) is 41.6 Å². The van der Waals surface area contributed by atoms with E-state index in [1.165, 1.54) is 14.0 Å². The number of benzene rings is 2. The highest BCUT2D eigenvalue weighted by Crippen LogP contribution is 2.30. The van der Waals surface area contributed by atoms with Gasteiger partial charge in [0.25, 0.3) is 0 Å². The zero-order chi connectivity index (χ0) is 30.8. The molecule has 44 heavy (non-hydrogen) atoms. The van der Waals surface area contributed by atoms with Gasteiger partial charge in [0.05, 0.1) is 48.5 Å². The monoisotopic (exact) mass is 604 g/mol. The summed E-state index contributed by atoms with van der Waals surface area (Å²) in [4.78, 5) is 35.6. The second kappa shape index (κ2) is 12.8. The minimum Gasteiger partial charge on any atom is -0.473 e. The number of piperidine rings is 1. The summed E-state index contributed by atoms with van der Waals surface area (Å²) in [6.45, 7) is 4.71. The Bertz CT molecular complexity index is 1670. The van der Waals surface area contributed by atoms with E-state index in [9.17, 15) is 18.4 Å². The van der Waals surface area contributed by atoms with Crippen molar-refractivity contribution in [3.63, 3.8) is 0 Å². The molecule has 0 aliphatic carbocycles. The zero-order valence-corrected chi connectivity index (χ0v) is 24.7. The fourth-order valence-corrected chi connectivity index (χ4v) is 5.79. The van der Waals surface area contributed by atoms with E-state index < -0.39 is 17.4 Å². The molecule has 0 saturated carbocycles. The summed E-state index contributed by atoms with van der Waals surface area (Å²) in [6.07, 6.45) is 2.88. The van der Waals surface area contributed by atoms with Crippen LogP contribution in [0.25, 0.3) is 11.0 Å². The van der Waals surface area contributed by atoms with Gasteiger partial charge < -0.3 is 18.8 Å². The molecule has 9 nitrogen and oxygen atoms in total. The third-order valence-corrected chi connectivity index (χ3v) is 8.46. The number of halogens is 2. The number of likely N-dealkylation sites (tertiary alicyclic amines) is 1. The van der Waals surface area contributed by atoms with Gasteiger partial charge in [0.15, 0.2) is 5.78 Å². The quantitative estimate of drug-likeness (QED) is 0.174. The average molecular weight is 605 g/mol. The lowest BCUT2D eigenvalue weighted by Crippen LogP contribution is -2.35. The third-order valence-electron chi connectivity index (χ3n) is 8.46. The van der Waals surface area contributed by atoms with Crippen LogP contribution in [0.5, 0.6) is 5.88 Å². The number of rotatable bonds is 10. The molecule has 2 aromatic carbocycles. The molecule has 2 aliphatic rings. The Morgan fingerprint density at radius 1 is 1.00 bits per heavy atom. The molecule has 4 heterocycles. The molecule has 2 aromatic heterocycles. The van der Waals surface area contributed by atoms with Gasteiger partial charge in [-0.1, -0.05) is 6.07 Å². The van der Waals surface area contributed by atoms with Crippen molar-refractivity contribution in [3.05, 3.63) is 88.4 Å². The van der Waals surface area contributed by atoms with Crippen LogP contribution < -0.4 is 4.74 Å². The second-order valence-electron chi connectivity index (χ2n) is 11.3. The summed E-state index contributed by atoms with van der Waals surface area (Å²) < 4.78 is 47.4. The van der Waals surface area contributed by atoms with Crippen LogP contribution >= 0.6 is 0 Å². The normalized spacial score (nSPS) is 17.4. The van der Waals surface area contributed by atoms with Gasteiger partial charge in [-0.2, -0.15) is 0 Å². The molecule has 0 N–H and O–H groups in total. The maximum atomic E-state index is 14.4. The van der Waals surface area contributed by atoms with Crippen molar-refractivity contribution < 1.29 is 32.6 Å². The number of nitrogens with zero attached hydrogens (tertiary/aromatic N) is 4. The number of aromatic nitrogens is 3. The Morgan fingerprint density at radius 3 is 2.41 bits per heavy atom. The summed E-state index contributed by atoms with van der Waals surface area (Å²) >= 11 is 0. The van der Waals surface area contributed by atoms with Crippen LogP contribution in [0.2, 0.25) is 0 Å². The van der Waals surface area contributed by atoms with Gasteiger partial charge in [-0.3, -0.25) is 9.69 Å². The van der Waals surface area contributed by atoms with E-state index in [1.54, 1.807) is 12.1 Å². The molecular weight excluding hydrogens is 570 g/mol. The summed E-state index contributed by atoms with van der Waals surface area (Å²) in [5.74, 6) is -1.01. The number of hydrogen-bond acceptors (Lipinski definition) is 8. The summed E-state index contributed by atoms with van der Waals surface area (Å²) in [5, 5.41) is 0. The summed E-state index contributed by atoms with van der Waals surface area (Å²) in [7, 11) is 1.37. The van der Waals surface area contributed by atoms with Crippen molar-refractivity contribution >= 4 is 22.8 Å². The lowest BCUT2D eigenvalue weighted by molar-refractivity contribution is -0.0592. The third kappa shape index (κ3) is 6.34. The predicted molar refractivity (Wildman–Crippen MR) is 158 cm³/mol. The highest BCUT2D eigenvalue weighted by atomic mass is 19.1. The number of pyridine rings is 1. The lowest BCUT2D eigenvalue weighted by atomic mass is 9.93. The highest BCUT2D eigenvalue weighted by molar-refractivity contribution is 5.94. The molecule has 2 aliphatic heterocycles. The van der Waals surface area contributed by atoms with Crippen molar-refractivity contribution in [3.8, 4) is 5.88 Å². The van der Waals surface area contributed by atoms with Crippen molar-refractivity contribution in [1.82, 2.24) is 19.4 Å². The van der Waals surface area contributed by atoms with E-state index in [2.05, 4.69) is 14.5 Å². The summed E-state index contributed by atoms with van der Waals surface area (Å²) in [6, 6.07) is 12.9. The van der Waals surface area contributed by atoms with Crippen LogP contribution in [0, 0.1) is 11.6 Å². The second-order valence-corrected chi connectivity index (χ2v) is 11.3. The molecule has 2 fully saturated rings. The van der Waals surface area contributed by atoms with Gasteiger partial charge in [-0.05, 0) is 75.7 Å². The Hall–Kier alpha value is -4.22. The predicted octanol–water partition coefficient (Wildman–Crippen LogP) is 5.45. The lowest BCUT2D eigenvalue weighted by Gasteiger charge is -2.32. The van der Waals surface area contributed by atoms with Crippen molar-refractivity contribution in [2.45, 2.75) is 57.9 Å². The van der Waals surface area contributed by atoms with Crippen LogP contribution in [0.15, 0.2) is 48.5 Å². The van der Waals surface area contributed by atoms with Gasteiger partial charge in [-0.25, -0.2) is 23.5 Å². The van der Waals surface area contributed by atoms with Gasteiger partial charge in [0, 0.05) is 29.8 Å². The molecule has 4 aromatic rings. The van der Waals surface area contributed by atoms with Crippen LogP contribution in [-0.2, 0) is 29.2 Å². The van der Waals surface area contributed by atoms with Crippen molar-refractivity contribution in [2.75, 3.05) is 26.8 Å². The number of esters is 1. The molecule has 11 heteroatoms. The van der Waals surface area contributed by atoms with Crippen LogP contribution in [0.4, 0.5) is 8.78 Å². The number of Topliss-reactive ketones (excluding diaryl/α,β-unsaturated/α-hetero) is 1. The molecule has 230 valence electrons. The van der Waals surface area contributed by atoms with Crippen molar-refractivity contribution in [2.24, 2.45) is 0 Å². The van der Waals surface area contributed by atoms with Gasteiger partial charge in [0.1, 0.15) is 24.1 Å². The Kier molecular flexibility index (Phi) is 8.67. The average Bonchev–Trinajstić information content (AvgIpc) is 3.34. The molecule has 0 amide bonds. The Morgan fingerprint density at radius 2 is 1.75 bits per heavy atom. The number of imidazole rings is 1. The molecular formula is C33H34F2N4O5.